The van der Waals surface area contributed by atoms with Gasteiger partial charge in [-0.3, -0.25) is 0 Å². The molecule has 1 amide bonds. The van der Waals surface area contributed by atoms with E-state index >= 15 is 0 Å². The number of rotatable bonds is 14. The molecule has 294 valence electrons. The molecule has 11 nitrogen and oxygen atoms in total. The van der Waals surface area contributed by atoms with Crippen LogP contribution >= 0.6 is 0 Å². The number of sulfonamides is 1. The second kappa shape index (κ2) is 17.0. The summed E-state index contributed by atoms with van der Waals surface area (Å²) >= 11 is 0. The summed E-state index contributed by atoms with van der Waals surface area (Å²) in [6.07, 6.45) is 1.80. The van der Waals surface area contributed by atoms with Crippen molar-refractivity contribution in [2.45, 2.75) is 82.9 Å². The van der Waals surface area contributed by atoms with Crippen LogP contribution in [0, 0.1) is 20.8 Å². The quantitative estimate of drug-likeness (QED) is 0.0402. The molecule has 0 radical (unpaired) electrons. The minimum Gasteiger partial charge on any atom is -0.487 e. The molecule has 6 rings (SSSR count). The molecule has 12 heteroatoms. The van der Waals surface area contributed by atoms with Crippen LogP contribution in [-0.4, -0.2) is 57.8 Å². The number of aliphatic imine (C=N–C) groups is 1. The van der Waals surface area contributed by atoms with Crippen LogP contribution < -0.4 is 20.1 Å². The van der Waals surface area contributed by atoms with Crippen LogP contribution in [0.5, 0.6) is 5.75 Å². The zero-order valence-corrected chi connectivity index (χ0v) is 33.4. The maximum absolute atomic E-state index is 14.2. The van der Waals surface area contributed by atoms with E-state index in [1.165, 1.54) is 6.08 Å². The topological polar surface area (TPSA) is 144 Å². The lowest BCUT2D eigenvalue weighted by atomic mass is 9.94. The fraction of sp³-hybridized carbons (Fsp3) is 0.341. The molecule has 56 heavy (non-hydrogen) atoms. The highest BCUT2D eigenvalue weighted by Gasteiger charge is 2.37. The van der Waals surface area contributed by atoms with Gasteiger partial charge < -0.3 is 24.8 Å². The lowest BCUT2D eigenvalue weighted by molar-refractivity contribution is -0.145. The first-order valence-electron chi connectivity index (χ1n) is 18.9. The second-order valence-electron chi connectivity index (χ2n) is 14.8. The molecular weight excluding hydrogens is 729 g/mol. The first-order chi connectivity index (χ1) is 26.8. The highest BCUT2D eigenvalue weighted by Crippen LogP contribution is 2.45. The van der Waals surface area contributed by atoms with E-state index in [9.17, 15) is 18.0 Å². The minimum atomic E-state index is -4.11. The Hall–Kier alpha value is -5.62. The number of hydrogen-bond donors (Lipinski definition) is 3. The van der Waals surface area contributed by atoms with Gasteiger partial charge in [0.15, 0.2) is 0 Å². The van der Waals surface area contributed by atoms with Crippen molar-refractivity contribution in [3.05, 3.63) is 130 Å². The molecule has 0 spiro atoms. The van der Waals surface area contributed by atoms with Crippen LogP contribution in [0.2, 0.25) is 0 Å². The number of carbonyl (C=O) groups is 2. The molecule has 4 aromatic carbocycles. The van der Waals surface area contributed by atoms with Crippen LogP contribution in [-0.2, 0) is 37.3 Å². The Morgan fingerprint density at radius 2 is 1.57 bits per heavy atom. The number of benzene rings is 4. The molecular formula is C44H50N4O7S. The Kier molecular flexibility index (Phi) is 12.2. The van der Waals surface area contributed by atoms with Gasteiger partial charge in [-0.1, -0.05) is 91.5 Å². The number of carbonyl (C=O) groups excluding carboxylic acids is 2. The van der Waals surface area contributed by atoms with E-state index in [0.717, 1.165) is 44.7 Å². The lowest BCUT2D eigenvalue weighted by Crippen LogP contribution is -2.44. The van der Waals surface area contributed by atoms with Gasteiger partial charge in [0.25, 0.3) is 10.0 Å². The Labute approximate surface area is 329 Å². The van der Waals surface area contributed by atoms with Crippen molar-refractivity contribution in [3.63, 3.8) is 0 Å². The third-order valence-corrected chi connectivity index (χ3v) is 11.9. The zero-order valence-electron chi connectivity index (χ0n) is 32.6. The first-order valence-corrected chi connectivity index (χ1v) is 20.3. The fourth-order valence-electron chi connectivity index (χ4n) is 7.49. The fourth-order valence-corrected chi connectivity index (χ4v) is 9.07. The van der Waals surface area contributed by atoms with Gasteiger partial charge in [-0.2, -0.15) is 0 Å². The van der Waals surface area contributed by atoms with Crippen molar-refractivity contribution in [2.24, 2.45) is 4.99 Å². The minimum absolute atomic E-state index is 0.0252. The maximum Gasteiger partial charge on any atom is 0.407 e. The number of nitrogens with zero attached hydrogens (tertiary/aromatic N) is 1. The maximum atomic E-state index is 14.2. The summed E-state index contributed by atoms with van der Waals surface area (Å²) in [6.45, 7) is 13.6. The highest BCUT2D eigenvalue weighted by molar-refractivity contribution is 7.90. The van der Waals surface area contributed by atoms with Gasteiger partial charge in [0, 0.05) is 24.4 Å². The van der Waals surface area contributed by atoms with E-state index in [4.69, 9.17) is 14.2 Å². The molecule has 1 aliphatic carbocycles. The zero-order chi connectivity index (χ0) is 40.0. The molecule has 1 aliphatic heterocycles. The van der Waals surface area contributed by atoms with Crippen LogP contribution in [0.25, 0.3) is 11.1 Å². The molecule has 2 aliphatic rings. The van der Waals surface area contributed by atoms with E-state index in [2.05, 4.69) is 39.1 Å². The smallest absolute Gasteiger partial charge is 0.407 e. The summed E-state index contributed by atoms with van der Waals surface area (Å²) in [5.41, 5.74) is 7.72. The molecule has 3 N–H and O–H groups in total. The standard InChI is InChI=1S/C44H50N4O7S/c1-7-24-53-41(49)38(47-43(50)54-27-37-34-20-13-11-18-32(34)33-19-12-14-21-35(33)37)22-15-23-45-42(46-26-31-16-9-8-10-17-31)48-56(51,52)40-29(3)28(2)39-36(30(40)4)25-44(5,6)55-39/h7-14,16-21,37-38H,1,15,22-27H2,2-6H3,(H,47,50)(H2,45,46,48)/t38-/m0/s1. The summed E-state index contributed by atoms with van der Waals surface area (Å²) in [4.78, 5) is 31.1. The Bertz CT molecular complexity index is 2210. The van der Waals surface area contributed by atoms with Crippen molar-refractivity contribution in [3.8, 4) is 16.9 Å². The SMILES string of the molecule is C=CCOC(=O)[C@H](CCCNC(=NCc1ccccc1)NS(=O)(=O)c1c(C)c(C)c2c(c1C)CC(C)(C)O2)NC(=O)OCC1c2ccccc2-c2ccccc21. The molecule has 0 unspecified atom stereocenters. The van der Waals surface area contributed by atoms with Gasteiger partial charge >= 0.3 is 12.1 Å². The number of esters is 1. The highest BCUT2D eigenvalue weighted by atomic mass is 32.2. The van der Waals surface area contributed by atoms with Crippen molar-refractivity contribution in [2.75, 3.05) is 19.8 Å². The van der Waals surface area contributed by atoms with E-state index < -0.39 is 33.7 Å². The summed E-state index contributed by atoms with van der Waals surface area (Å²) in [5, 5.41) is 5.82. The summed E-state index contributed by atoms with van der Waals surface area (Å²) in [6, 6.07) is 24.5. The average Bonchev–Trinajstić information content (AvgIpc) is 3.69. The molecule has 0 bridgehead atoms. The number of hydrogen-bond acceptors (Lipinski definition) is 8. The van der Waals surface area contributed by atoms with Crippen LogP contribution in [0.15, 0.2) is 101 Å². The number of fused-ring (bicyclic) bond motifs is 4. The largest absolute Gasteiger partial charge is 0.487 e. The molecule has 4 aromatic rings. The van der Waals surface area contributed by atoms with Crippen molar-refractivity contribution < 1.29 is 32.2 Å². The van der Waals surface area contributed by atoms with E-state index in [0.29, 0.717) is 24.0 Å². The van der Waals surface area contributed by atoms with Gasteiger partial charge in [0.1, 0.15) is 30.6 Å². The van der Waals surface area contributed by atoms with Crippen molar-refractivity contribution in [1.82, 2.24) is 15.4 Å². The Morgan fingerprint density at radius 3 is 2.23 bits per heavy atom. The molecule has 0 aromatic heterocycles. The predicted octanol–water partition coefficient (Wildman–Crippen LogP) is 7.17. The summed E-state index contributed by atoms with van der Waals surface area (Å²) < 4.78 is 48.2. The number of alkyl carbamates (subject to hydrolysis) is 1. The van der Waals surface area contributed by atoms with Gasteiger partial charge in [0.2, 0.25) is 5.96 Å². The molecule has 1 heterocycles. The van der Waals surface area contributed by atoms with E-state index in [-0.39, 0.29) is 49.5 Å². The number of guanidine groups is 1. The Balaban J connectivity index is 1.13. The van der Waals surface area contributed by atoms with Crippen LogP contribution in [0.3, 0.4) is 0 Å². The van der Waals surface area contributed by atoms with Gasteiger partial charge in [0.05, 0.1) is 11.4 Å². The lowest BCUT2D eigenvalue weighted by Gasteiger charge is -2.21. The van der Waals surface area contributed by atoms with Gasteiger partial charge in [-0.05, 0) is 92.0 Å². The first kappa shape index (κ1) is 40.1. The Morgan fingerprint density at radius 1 is 0.929 bits per heavy atom. The predicted molar refractivity (Wildman–Crippen MR) is 217 cm³/mol. The summed E-state index contributed by atoms with van der Waals surface area (Å²) in [7, 11) is -4.11. The number of nitrogens with one attached hydrogen (secondary N) is 3. The monoisotopic (exact) mass is 778 g/mol. The van der Waals surface area contributed by atoms with E-state index in [1.807, 2.05) is 94.4 Å². The second-order valence-corrected chi connectivity index (χ2v) is 16.4. The molecule has 0 saturated carbocycles. The van der Waals surface area contributed by atoms with E-state index in [1.54, 1.807) is 6.92 Å². The number of ether oxygens (including phenoxy) is 3. The van der Waals surface area contributed by atoms with Crippen LogP contribution in [0.4, 0.5) is 4.79 Å². The average molecular weight is 779 g/mol. The normalized spacial score (nSPS) is 14.8. The molecule has 1 atom stereocenters. The third-order valence-electron chi connectivity index (χ3n) is 10.3. The van der Waals surface area contributed by atoms with Crippen LogP contribution in [0.1, 0.15) is 71.6 Å². The third kappa shape index (κ3) is 8.91. The molecule has 0 fully saturated rings. The molecule has 0 saturated heterocycles. The summed E-state index contributed by atoms with van der Waals surface area (Å²) in [5.74, 6) is 0.0158. The van der Waals surface area contributed by atoms with Gasteiger partial charge in [-0.25, -0.2) is 27.7 Å². The van der Waals surface area contributed by atoms with Crippen molar-refractivity contribution >= 4 is 28.0 Å². The van der Waals surface area contributed by atoms with Crippen molar-refractivity contribution in [1.29, 1.82) is 0 Å². The number of amides is 1. The van der Waals surface area contributed by atoms with Gasteiger partial charge in [-0.15, -0.1) is 0 Å².